The Labute approximate surface area is 128 Å². The first-order valence-corrected chi connectivity index (χ1v) is 7.10. The molecule has 0 N–H and O–H groups in total. The second-order valence-corrected chi connectivity index (χ2v) is 5.19. The molecule has 22 heavy (non-hydrogen) atoms. The van der Waals surface area contributed by atoms with Crippen molar-refractivity contribution in [2.45, 2.75) is 13.5 Å². The molecule has 0 spiro atoms. The van der Waals surface area contributed by atoms with Gasteiger partial charge in [0.1, 0.15) is 0 Å². The third-order valence-corrected chi connectivity index (χ3v) is 3.83. The number of benzene rings is 2. The van der Waals surface area contributed by atoms with Crippen LogP contribution in [0.1, 0.15) is 16.8 Å². The Kier molecular flexibility index (Phi) is 3.74. The van der Waals surface area contributed by atoms with Crippen LogP contribution in [-0.2, 0) is 6.54 Å². The van der Waals surface area contributed by atoms with E-state index in [-0.39, 0.29) is 0 Å². The maximum atomic E-state index is 10.6. The van der Waals surface area contributed by atoms with Gasteiger partial charge < -0.3 is 4.57 Å². The minimum atomic E-state index is -0.428. The molecule has 0 unspecified atom stereocenters. The Morgan fingerprint density at radius 1 is 1.09 bits per heavy atom. The second kappa shape index (κ2) is 5.85. The molecule has 0 amide bonds. The van der Waals surface area contributed by atoms with Crippen molar-refractivity contribution in [1.82, 2.24) is 4.57 Å². The van der Waals surface area contributed by atoms with Crippen LogP contribution in [0, 0.1) is 17.0 Å². The molecule has 3 rings (SSSR count). The molecule has 0 atom stereocenters. The fourth-order valence-corrected chi connectivity index (χ4v) is 2.77. The molecule has 4 nitrogen and oxygen atoms in total. The van der Waals surface area contributed by atoms with Crippen LogP contribution in [0.4, 0.5) is 0 Å². The van der Waals surface area contributed by atoms with Gasteiger partial charge in [0.05, 0.1) is 4.92 Å². The van der Waals surface area contributed by atoms with Gasteiger partial charge >= 0.3 is 0 Å². The molecule has 1 heterocycles. The van der Waals surface area contributed by atoms with E-state index in [2.05, 4.69) is 22.8 Å². The minimum Gasteiger partial charge on any atom is -0.340 e. The van der Waals surface area contributed by atoms with E-state index in [4.69, 9.17) is 0 Å². The Balaban J connectivity index is 2.14. The van der Waals surface area contributed by atoms with Crippen LogP contribution >= 0.6 is 0 Å². The number of fused-ring (bicyclic) bond motifs is 1. The van der Waals surface area contributed by atoms with E-state index in [0.29, 0.717) is 0 Å². The van der Waals surface area contributed by atoms with Crippen LogP contribution in [-0.4, -0.2) is 9.49 Å². The van der Waals surface area contributed by atoms with Gasteiger partial charge in [-0.05, 0) is 18.6 Å². The summed E-state index contributed by atoms with van der Waals surface area (Å²) in [5.74, 6) is 0. The quantitative estimate of drug-likeness (QED) is 0.533. The van der Waals surface area contributed by atoms with Gasteiger partial charge in [0, 0.05) is 34.8 Å². The fraction of sp³-hybridized carbons (Fsp3) is 0.111. The molecule has 110 valence electrons. The van der Waals surface area contributed by atoms with E-state index in [1.807, 2.05) is 43.3 Å². The predicted octanol–water partition coefficient (Wildman–Crippen LogP) is 4.25. The van der Waals surface area contributed by atoms with Crippen LogP contribution in [0.25, 0.3) is 17.0 Å². The van der Waals surface area contributed by atoms with Gasteiger partial charge in [-0.3, -0.25) is 10.1 Å². The molecule has 0 saturated carbocycles. The lowest BCUT2D eigenvalue weighted by atomic mass is 10.1. The Morgan fingerprint density at radius 3 is 2.50 bits per heavy atom. The number of nitro groups is 1. The van der Waals surface area contributed by atoms with E-state index >= 15 is 0 Å². The molecule has 0 bridgehead atoms. The van der Waals surface area contributed by atoms with E-state index in [1.165, 1.54) is 5.56 Å². The number of aromatic nitrogens is 1. The average molecular weight is 292 g/mol. The summed E-state index contributed by atoms with van der Waals surface area (Å²) in [6.07, 6.45) is 2.58. The maximum absolute atomic E-state index is 10.6. The molecule has 0 aliphatic rings. The molecular weight excluding hydrogens is 276 g/mol. The first-order valence-electron chi connectivity index (χ1n) is 7.10. The first-order chi connectivity index (χ1) is 10.7. The number of para-hydroxylation sites is 1. The standard InChI is InChI=1S/C18H16N2O2/c1-14-16(11-12-20(21)22)17-9-5-6-10-18(17)19(14)13-15-7-3-2-4-8-15/h2-12H,13H2,1H3. The van der Waals surface area contributed by atoms with Crippen LogP contribution in [0.3, 0.4) is 0 Å². The van der Waals surface area contributed by atoms with Gasteiger partial charge in [-0.25, -0.2) is 0 Å². The monoisotopic (exact) mass is 292 g/mol. The zero-order chi connectivity index (χ0) is 15.5. The molecular formula is C18H16N2O2. The number of hydrogen-bond acceptors (Lipinski definition) is 2. The highest BCUT2D eigenvalue weighted by molar-refractivity contribution is 5.91. The topological polar surface area (TPSA) is 48.1 Å². The Hall–Kier alpha value is -2.88. The highest BCUT2D eigenvalue weighted by Gasteiger charge is 2.12. The largest absolute Gasteiger partial charge is 0.340 e. The van der Waals surface area contributed by atoms with Crippen molar-refractivity contribution in [3.8, 4) is 0 Å². The van der Waals surface area contributed by atoms with Crippen molar-refractivity contribution < 1.29 is 4.92 Å². The summed E-state index contributed by atoms with van der Waals surface area (Å²) in [4.78, 5) is 10.2. The zero-order valence-electron chi connectivity index (χ0n) is 12.3. The van der Waals surface area contributed by atoms with Gasteiger partial charge in [-0.1, -0.05) is 48.5 Å². The lowest BCUT2D eigenvalue weighted by molar-refractivity contribution is -0.400. The van der Waals surface area contributed by atoms with Crippen molar-refractivity contribution in [2.24, 2.45) is 0 Å². The first kappa shape index (κ1) is 14.1. The Morgan fingerprint density at radius 2 is 1.77 bits per heavy atom. The molecule has 0 saturated heterocycles. The van der Waals surface area contributed by atoms with E-state index < -0.39 is 4.92 Å². The van der Waals surface area contributed by atoms with Crippen LogP contribution in [0.2, 0.25) is 0 Å². The van der Waals surface area contributed by atoms with Crippen molar-refractivity contribution >= 4 is 17.0 Å². The van der Waals surface area contributed by atoms with Crippen molar-refractivity contribution in [3.63, 3.8) is 0 Å². The average Bonchev–Trinajstić information content (AvgIpc) is 2.79. The molecule has 0 radical (unpaired) electrons. The van der Waals surface area contributed by atoms with Gasteiger partial charge in [0.15, 0.2) is 0 Å². The molecule has 2 aromatic carbocycles. The zero-order valence-corrected chi connectivity index (χ0v) is 12.3. The third kappa shape index (κ3) is 2.63. The van der Waals surface area contributed by atoms with Gasteiger partial charge in [0.2, 0.25) is 6.20 Å². The number of nitrogens with zero attached hydrogens (tertiary/aromatic N) is 2. The molecule has 0 fully saturated rings. The number of rotatable bonds is 4. The Bertz CT molecular complexity index is 848. The lowest BCUT2D eigenvalue weighted by Gasteiger charge is -2.08. The van der Waals surface area contributed by atoms with E-state index in [1.54, 1.807) is 6.08 Å². The summed E-state index contributed by atoms with van der Waals surface area (Å²) in [5.41, 5.74) is 4.23. The van der Waals surface area contributed by atoms with E-state index in [0.717, 1.165) is 34.9 Å². The van der Waals surface area contributed by atoms with Gasteiger partial charge in [0.25, 0.3) is 0 Å². The molecule has 0 aliphatic carbocycles. The fourth-order valence-electron chi connectivity index (χ4n) is 2.77. The van der Waals surface area contributed by atoms with Crippen molar-refractivity contribution in [3.05, 3.63) is 87.7 Å². The van der Waals surface area contributed by atoms with Crippen molar-refractivity contribution in [2.75, 3.05) is 0 Å². The minimum absolute atomic E-state index is 0.428. The normalized spacial score (nSPS) is 11.3. The highest BCUT2D eigenvalue weighted by atomic mass is 16.6. The summed E-state index contributed by atoms with van der Waals surface area (Å²) in [6, 6.07) is 18.2. The molecule has 1 aromatic heterocycles. The molecule has 3 aromatic rings. The van der Waals surface area contributed by atoms with Gasteiger partial charge in [-0.15, -0.1) is 0 Å². The van der Waals surface area contributed by atoms with Gasteiger partial charge in [-0.2, -0.15) is 0 Å². The summed E-state index contributed by atoms with van der Waals surface area (Å²) in [5, 5.41) is 11.7. The van der Waals surface area contributed by atoms with Crippen molar-refractivity contribution in [1.29, 1.82) is 0 Å². The van der Waals surface area contributed by atoms with E-state index in [9.17, 15) is 10.1 Å². The molecule has 4 heteroatoms. The second-order valence-electron chi connectivity index (χ2n) is 5.19. The number of hydrogen-bond donors (Lipinski definition) is 0. The lowest BCUT2D eigenvalue weighted by Crippen LogP contribution is -2.01. The summed E-state index contributed by atoms with van der Waals surface area (Å²) in [7, 11) is 0. The summed E-state index contributed by atoms with van der Waals surface area (Å²) >= 11 is 0. The molecule has 0 aliphatic heterocycles. The van der Waals surface area contributed by atoms with Crippen LogP contribution in [0.15, 0.2) is 60.8 Å². The smallest absolute Gasteiger partial charge is 0.235 e. The SMILES string of the molecule is Cc1c(C=C[N+](=O)[O-])c2ccccc2n1Cc1ccccc1. The summed E-state index contributed by atoms with van der Waals surface area (Å²) < 4.78 is 2.20. The van der Waals surface area contributed by atoms with Crippen LogP contribution in [0.5, 0.6) is 0 Å². The highest BCUT2D eigenvalue weighted by Crippen LogP contribution is 2.27. The third-order valence-electron chi connectivity index (χ3n) is 3.83. The predicted molar refractivity (Wildman–Crippen MR) is 88.2 cm³/mol. The van der Waals surface area contributed by atoms with Crippen LogP contribution < -0.4 is 0 Å². The maximum Gasteiger partial charge on any atom is 0.235 e. The summed E-state index contributed by atoms with van der Waals surface area (Å²) in [6.45, 7) is 2.75.